The van der Waals surface area contributed by atoms with Gasteiger partial charge in [-0.3, -0.25) is 4.40 Å². The van der Waals surface area contributed by atoms with Crippen LogP contribution >= 0.6 is 0 Å². The summed E-state index contributed by atoms with van der Waals surface area (Å²) in [4.78, 5) is 8.32. The van der Waals surface area contributed by atoms with Crippen molar-refractivity contribution in [3.05, 3.63) is 30.0 Å². The highest BCUT2D eigenvalue weighted by Crippen LogP contribution is 2.35. The Labute approximate surface area is 93.6 Å². The van der Waals surface area contributed by atoms with Crippen LogP contribution in [0.5, 0.6) is 0 Å². The standard InChI is InChI=1S/C12H12N4/c13-5-10-6-15-11-7-14-8-16(11)12(10)9-3-1-2-4-9/h6-9H,1-4H2. The van der Waals surface area contributed by atoms with Crippen molar-refractivity contribution in [2.24, 2.45) is 0 Å². The molecule has 2 aromatic rings. The molecule has 0 saturated heterocycles. The summed E-state index contributed by atoms with van der Waals surface area (Å²) < 4.78 is 1.97. The molecule has 0 aromatic carbocycles. The third-order valence-electron chi connectivity index (χ3n) is 3.34. The van der Waals surface area contributed by atoms with E-state index in [1.807, 2.05) is 4.40 Å². The molecule has 1 aliphatic rings. The first kappa shape index (κ1) is 9.34. The lowest BCUT2D eigenvalue weighted by molar-refractivity contribution is 0.679. The van der Waals surface area contributed by atoms with Crippen LogP contribution in [-0.2, 0) is 0 Å². The summed E-state index contributed by atoms with van der Waals surface area (Å²) in [6, 6.07) is 2.24. The first-order valence-corrected chi connectivity index (χ1v) is 5.61. The van der Waals surface area contributed by atoms with Gasteiger partial charge in [0.05, 0.1) is 11.8 Å². The summed E-state index contributed by atoms with van der Waals surface area (Å²) in [6.45, 7) is 0. The molecule has 0 radical (unpaired) electrons. The normalized spacial score (nSPS) is 16.7. The van der Waals surface area contributed by atoms with Gasteiger partial charge in [-0.2, -0.15) is 5.26 Å². The van der Waals surface area contributed by atoms with Gasteiger partial charge in [-0.15, -0.1) is 0 Å². The zero-order valence-corrected chi connectivity index (χ0v) is 8.93. The number of imidazole rings is 1. The molecule has 2 aromatic heterocycles. The highest BCUT2D eigenvalue weighted by atomic mass is 15.1. The van der Waals surface area contributed by atoms with Crippen LogP contribution in [0.4, 0.5) is 0 Å². The SMILES string of the molecule is N#Cc1cnc2cncn2c1C1CCCC1. The van der Waals surface area contributed by atoms with Crippen molar-refractivity contribution in [3.63, 3.8) is 0 Å². The lowest BCUT2D eigenvalue weighted by Gasteiger charge is -2.13. The highest BCUT2D eigenvalue weighted by molar-refractivity contribution is 5.44. The van der Waals surface area contributed by atoms with Crippen LogP contribution in [0.15, 0.2) is 18.7 Å². The number of nitrogens with zero attached hydrogens (tertiary/aromatic N) is 4. The minimum absolute atomic E-state index is 0.495. The second-order valence-electron chi connectivity index (χ2n) is 4.27. The summed E-state index contributed by atoms with van der Waals surface area (Å²) in [5.41, 5.74) is 2.63. The van der Waals surface area contributed by atoms with E-state index in [1.54, 1.807) is 18.7 Å². The topological polar surface area (TPSA) is 54.0 Å². The van der Waals surface area contributed by atoms with Crippen LogP contribution in [0, 0.1) is 11.3 Å². The molecule has 2 heterocycles. The summed E-state index contributed by atoms with van der Waals surface area (Å²) in [5, 5.41) is 9.15. The Morgan fingerprint density at radius 1 is 1.31 bits per heavy atom. The number of rotatable bonds is 1. The minimum Gasteiger partial charge on any atom is -0.286 e. The average molecular weight is 212 g/mol. The zero-order chi connectivity index (χ0) is 11.0. The third kappa shape index (κ3) is 1.28. The molecular weight excluding hydrogens is 200 g/mol. The van der Waals surface area contributed by atoms with Gasteiger partial charge in [-0.25, -0.2) is 9.97 Å². The summed E-state index contributed by atoms with van der Waals surface area (Å²) >= 11 is 0. The quantitative estimate of drug-likeness (QED) is 0.728. The van der Waals surface area contributed by atoms with Gasteiger partial charge in [0.2, 0.25) is 0 Å². The van der Waals surface area contributed by atoms with Crippen LogP contribution in [0.1, 0.15) is 42.9 Å². The van der Waals surface area contributed by atoms with E-state index >= 15 is 0 Å². The molecule has 1 fully saturated rings. The maximum absolute atomic E-state index is 9.15. The first-order chi connectivity index (χ1) is 7.90. The average Bonchev–Trinajstić information content (AvgIpc) is 2.98. The maximum Gasteiger partial charge on any atom is 0.156 e. The Kier molecular flexibility index (Phi) is 2.10. The van der Waals surface area contributed by atoms with E-state index in [9.17, 15) is 0 Å². The fraction of sp³-hybridized carbons (Fsp3) is 0.417. The van der Waals surface area contributed by atoms with Crippen LogP contribution in [-0.4, -0.2) is 14.4 Å². The van der Waals surface area contributed by atoms with E-state index in [1.165, 1.54) is 25.7 Å². The molecule has 16 heavy (non-hydrogen) atoms. The van der Waals surface area contributed by atoms with Crippen LogP contribution in [0.3, 0.4) is 0 Å². The first-order valence-electron chi connectivity index (χ1n) is 5.61. The largest absolute Gasteiger partial charge is 0.286 e. The van der Waals surface area contributed by atoms with Gasteiger partial charge in [-0.05, 0) is 12.8 Å². The van der Waals surface area contributed by atoms with Gasteiger partial charge >= 0.3 is 0 Å². The predicted octanol–water partition coefficient (Wildman–Crippen LogP) is 2.26. The Morgan fingerprint density at radius 2 is 2.12 bits per heavy atom. The maximum atomic E-state index is 9.15. The van der Waals surface area contributed by atoms with Crippen LogP contribution < -0.4 is 0 Å². The van der Waals surface area contributed by atoms with Crippen molar-refractivity contribution in [2.45, 2.75) is 31.6 Å². The van der Waals surface area contributed by atoms with E-state index in [0.717, 1.165) is 11.3 Å². The fourth-order valence-corrected chi connectivity index (χ4v) is 2.60. The fourth-order valence-electron chi connectivity index (χ4n) is 2.60. The van der Waals surface area contributed by atoms with Crippen molar-refractivity contribution in [3.8, 4) is 6.07 Å². The highest BCUT2D eigenvalue weighted by Gasteiger charge is 2.22. The number of fused-ring (bicyclic) bond motifs is 1. The Balaban J connectivity index is 2.25. The number of aromatic nitrogens is 3. The van der Waals surface area contributed by atoms with Crippen molar-refractivity contribution in [1.82, 2.24) is 14.4 Å². The lowest BCUT2D eigenvalue weighted by atomic mass is 10.00. The molecule has 4 nitrogen and oxygen atoms in total. The van der Waals surface area contributed by atoms with Crippen molar-refractivity contribution >= 4 is 5.65 Å². The van der Waals surface area contributed by atoms with Crippen molar-refractivity contribution in [1.29, 1.82) is 5.26 Å². The zero-order valence-electron chi connectivity index (χ0n) is 8.93. The monoisotopic (exact) mass is 212 g/mol. The molecule has 0 amide bonds. The molecule has 1 saturated carbocycles. The molecule has 0 unspecified atom stereocenters. The number of nitriles is 1. The smallest absolute Gasteiger partial charge is 0.156 e. The van der Waals surface area contributed by atoms with Gasteiger partial charge in [0.1, 0.15) is 12.4 Å². The van der Waals surface area contributed by atoms with Crippen LogP contribution in [0.25, 0.3) is 5.65 Å². The minimum atomic E-state index is 0.495. The Hall–Kier alpha value is -1.89. The molecule has 0 bridgehead atoms. The van der Waals surface area contributed by atoms with Gasteiger partial charge in [0, 0.05) is 17.8 Å². The van der Waals surface area contributed by atoms with E-state index in [0.29, 0.717) is 11.5 Å². The molecule has 80 valence electrons. The molecule has 0 atom stereocenters. The summed E-state index contributed by atoms with van der Waals surface area (Å²) in [6.07, 6.45) is 10.0. The number of hydrogen-bond acceptors (Lipinski definition) is 3. The second kappa shape index (κ2) is 3.60. The van der Waals surface area contributed by atoms with E-state index in [4.69, 9.17) is 5.26 Å². The van der Waals surface area contributed by atoms with Crippen LogP contribution in [0.2, 0.25) is 0 Å². The van der Waals surface area contributed by atoms with Gasteiger partial charge in [0.25, 0.3) is 0 Å². The molecule has 3 rings (SSSR count). The van der Waals surface area contributed by atoms with E-state index in [-0.39, 0.29) is 0 Å². The number of hydrogen-bond donors (Lipinski definition) is 0. The summed E-state index contributed by atoms with van der Waals surface area (Å²) in [5.74, 6) is 0.495. The predicted molar refractivity (Wildman–Crippen MR) is 58.9 cm³/mol. The second-order valence-corrected chi connectivity index (χ2v) is 4.27. The molecule has 1 aliphatic carbocycles. The van der Waals surface area contributed by atoms with Crippen molar-refractivity contribution in [2.75, 3.05) is 0 Å². The third-order valence-corrected chi connectivity index (χ3v) is 3.34. The molecule has 0 spiro atoms. The molecule has 0 aliphatic heterocycles. The van der Waals surface area contributed by atoms with Gasteiger partial charge in [-0.1, -0.05) is 12.8 Å². The van der Waals surface area contributed by atoms with E-state index < -0.39 is 0 Å². The Morgan fingerprint density at radius 3 is 2.88 bits per heavy atom. The van der Waals surface area contributed by atoms with E-state index in [2.05, 4.69) is 16.0 Å². The molecule has 0 N–H and O–H groups in total. The molecular formula is C12H12N4. The van der Waals surface area contributed by atoms with Gasteiger partial charge < -0.3 is 0 Å². The van der Waals surface area contributed by atoms with Crippen molar-refractivity contribution < 1.29 is 0 Å². The Bertz CT molecular complexity index is 558. The lowest BCUT2D eigenvalue weighted by Crippen LogP contribution is -2.05. The molecule has 4 heteroatoms. The van der Waals surface area contributed by atoms with Gasteiger partial charge in [0.15, 0.2) is 5.65 Å². The summed E-state index contributed by atoms with van der Waals surface area (Å²) in [7, 11) is 0.